The summed E-state index contributed by atoms with van der Waals surface area (Å²) in [6.45, 7) is -0.692. The average molecular weight is 232 g/mol. The Morgan fingerprint density at radius 3 is 2.36 bits per heavy atom. The Balaban J connectivity index is 2.44. The molecule has 0 amide bonds. The molecule has 4 N–H and O–H groups in total. The maximum Gasteiger partial charge on any atom is 0.469 e. The minimum absolute atomic E-state index is 0.692. The molecule has 0 aromatic carbocycles. The van der Waals surface area contributed by atoms with Crippen molar-refractivity contribution < 1.29 is 38.2 Å². The maximum atomic E-state index is 12.7. The molecule has 1 saturated heterocycles. The third-order valence-electron chi connectivity index (χ3n) is 1.70. The number of aliphatic hydroxyl groups is 2. The first-order valence-corrected chi connectivity index (χ1v) is 5.20. The molecule has 0 aliphatic carbocycles. The quantitative estimate of drug-likeness (QED) is 0.438. The molecule has 4 atom stereocenters. The molecule has 1 rings (SSSR count). The fraction of sp³-hybridized carbons (Fsp3) is 1.00. The van der Waals surface area contributed by atoms with Crippen LogP contribution in [0, 0.1) is 0 Å². The van der Waals surface area contributed by atoms with Crippen molar-refractivity contribution in [3.63, 3.8) is 0 Å². The molecule has 14 heavy (non-hydrogen) atoms. The van der Waals surface area contributed by atoms with Gasteiger partial charge in [0.15, 0.2) is 12.5 Å². The zero-order chi connectivity index (χ0) is 10.9. The van der Waals surface area contributed by atoms with E-state index in [-0.39, 0.29) is 0 Å². The largest absolute Gasteiger partial charge is 0.469 e. The van der Waals surface area contributed by atoms with E-state index in [4.69, 9.17) is 20.0 Å². The molecule has 0 aromatic rings. The fourth-order valence-electron chi connectivity index (χ4n) is 1.02. The monoisotopic (exact) mass is 232 g/mol. The topological polar surface area (TPSA) is 116 Å². The number of aliphatic hydroxyl groups excluding tert-OH is 2. The van der Waals surface area contributed by atoms with Crippen molar-refractivity contribution in [2.45, 2.75) is 24.7 Å². The molecule has 84 valence electrons. The van der Waals surface area contributed by atoms with E-state index >= 15 is 0 Å². The summed E-state index contributed by atoms with van der Waals surface area (Å²) in [5.41, 5.74) is 0. The second-order valence-corrected chi connectivity index (χ2v) is 4.03. The van der Waals surface area contributed by atoms with Crippen LogP contribution in [0.4, 0.5) is 4.39 Å². The summed E-state index contributed by atoms with van der Waals surface area (Å²) < 4.78 is 31.4. The number of hydrogen-bond donors (Lipinski definition) is 4. The molecular weight excluding hydrogens is 222 g/mol. The number of rotatable bonds is 3. The molecule has 0 bridgehead atoms. The van der Waals surface area contributed by atoms with Crippen LogP contribution in [0.2, 0.25) is 0 Å². The summed E-state index contributed by atoms with van der Waals surface area (Å²) in [5, 5.41) is 17.8. The number of halogens is 1. The number of alkyl halides is 1. The Kier molecular flexibility index (Phi) is 3.59. The first-order valence-electron chi connectivity index (χ1n) is 3.67. The van der Waals surface area contributed by atoms with E-state index < -0.39 is 39.1 Å². The van der Waals surface area contributed by atoms with Crippen LogP contribution in [0.3, 0.4) is 0 Å². The predicted octanol–water partition coefficient (Wildman–Crippen LogP) is -1.49. The van der Waals surface area contributed by atoms with E-state index in [9.17, 15) is 8.96 Å². The van der Waals surface area contributed by atoms with E-state index in [1.165, 1.54) is 0 Å². The fourth-order valence-corrected chi connectivity index (χ4v) is 1.36. The van der Waals surface area contributed by atoms with Gasteiger partial charge in [0.25, 0.3) is 0 Å². The van der Waals surface area contributed by atoms with Gasteiger partial charge in [0.2, 0.25) is 0 Å². The molecule has 1 fully saturated rings. The Morgan fingerprint density at radius 1 is 1.43 bits per heavy atom. The molecule has 0 spiro atoms. The van der Waals surface area contributed by atoms with Crippen molar-refractivity contribution in [3.05, 3.63) is 0 Å². The van der Waals surface area contributed by atoms with E-state index in [1.54, 1.807) is 0 Å². The number of phosphoric acid groups is 1. The van der Waals surface area contributed by atoms with Crippen LogP contribution < -0.4 is 0 Å². The van der Waals surface area contributed by atoms with Gasteiger partial charge in [0.05, 0.1) is 6.61 Å². The molecule has 0 unspecified atom stereocenters. The van der Waals surface area contributed by atoms with Gasteiger partial charge in [-0.2, -0.15) is 0 Å². The van der Waals surface area contributed by atoms with Crippen LogP contribution in [0.1, 0.15) is 0 Å². The summed E-state index contributed by atoms with van der Waals surface area (Å²) in [6.07, 6.45) is -6.74. The Labute approximate surface area is 78.3 Å². The van der Waals surface area contributed by atoms with Crippen LogP contribution in [-0.2, 0) is 13.8 Å². The molecule has 7 nitrogen and oxygen atoms in total. The van der Waals surface area contributed by atoms with E-state index in [0.717, 1.165) is 0 Å². The maximum absolute atomic E-state index is 12.7. The van der Waals surface area contributed by atoms with Gasteiger partial charge >= 0.3 is 7.82 Å². The van der Waals surface area contributed by atoms with E-state index in [0.29, 0.717) is 0 Å². The molecule has 0 aromatic heterocycles. The van der Waals surface area contributed by atoms with Gasteiger partial charge in [-0.25, -0.2) is 8.96 Å². The molecule has 9 heteroatoms. The summed E-state index contributed by atoms with van der Waals surface area (Å²) in [4.78, 5) is 16.6. The van der Waals surface area contributed by atoms with Gasteiger partial charge in [-0.1, -0.05) is 0 Å². The van der Waals surface area contributed by atoms with Crippen LogP contribution >= 0.6 is 7.82 Å². The van der Waals surface area contributed by atoms with Gasteiger partial charge < -0.3 is 24.7 Å². The third-order valence-corrected chi connectivity index (χ3v) is 2.19. The predicted molar refractivity (Wildman–Crippen MR) is 39.8 cm³/mol. The molecule has 1 aliphatic heterocycles. The van der Waals surface area contributed by atoms with Crippen molar-refractivity contribution in [3.8, 4) is 0 Å². The highest BCUT2D eigenvalue weighted by Crippen LogP contribution is 2.37. The van der Waals surface area contributed by atoms with E-state index in [2.05, 4.69) is 9.26 Å². The number of ether oxygens (including phenoxy) is 1. The van der Waals surface area contributed by atoms with Crippen LogP contribution in [0.25, 0.3) is 0 Å². The highest BCUT2D eigenvalue weighted by molar-refractivity contribution is 7.46. The first-order chi connectivity index (χ1) is 6.31. The lowest BCUT2D eigenvalue weighted by Crippen LogP contribution is -2.31. The Morgan fingerprint density at radius 2 is 2.00 bits per heavy atom. The lowest BCUT2D eigenvalue weighted by Gasteiger charge is -2.13. The van der Waals surface area contributed by atoms with Gasteiger partial charge in [-0.3, -0.25) is 4.52 Å². The zero-order valence-electron chi connectivity index (χ0n) is 6.86. The molecule has 1 aliphatic rings. The Hall–Kier alpha value is -0.0800. The minimum Gasteiger partial charge on any atom is -0.387 e. The van der Waals surface area contributed by atoms with Crippen molar-refractivity contribution in [1.29, 1.82) is 0 Å². The van der Waals surface area contributed by atoms with Crippen LogP contribution in [0.15, 0.2) is 0 Å². The standard InChI is InChI=1S/C5H10FO7P/c6-3-4(7)2(13-5(3)8)1-12-14(9,10)11/h2-5,7-8H,1H2,(H2,9,10,11)/t2-,3-,4-,5+/m1/s1. The third kappa shape index (κ3) is 2.96. The van der Waals surface area contributed by atoms with Gasteiger partial charge in [0, 0.05) is 0 Å². The van der Waals surface area contributed by atoms with Gasteiger partial charge in [0.1, 0.15) is 12.2 Å². The molecule has 0 saturated carbocycles. The highest BCUT2D eigenvalue weighted by atomic mass is 31.2. The lowest BCUT2D eigenvalue weighted by atomic mass is 10.2. The van der Waals surface area contributed by atoms with Gasteiger partial charge in [-0.05, 0) is 0 Å². The summed E-state index contributed by atoms with van der Waals surface area (Å²) in [5.74, 6) is 0. The number of phosphoric ester groups is 1. The molecule has 0 radical (unpaired) electrons. The van der Waals surface area contributed by atoms with Gasteiger partial charge in [-0.15, -0.1) is 0 Å². The van der Waals surface area contributed by atoms with Crippen LogP contribution in [0.5, 0.6) is 0 Å². The second kappa shape index (κ2) is 4.19. The summed E-state index contributed by atoms with van der Waals surface area (Å²) >= 11 is 0. The zero-order valence-corrected chi connectivity index (χ0v) is 7.75. The van der Waals surface area contributed by atoms with Crippen molar-refractivity contribution in [2.24, 2.45) is 0 Å². The SMILES string of the molecule is O=P(O)(O)OC[C@H]1O[C@H](O)[C@H](F)[C@@H]1O. The molecular formula is C5H10FO7P. The second-order valence-electron chi connectivity index (χ2n) is 2.79. The van der Waals surface area contributed by atoms with Crippen LogP contribution in [-0.4, -0.2) is 51.3 Å². The van der Waals surface area contributed by atoms with Crippen molar-refractivity contribution in [1.82, 2.24) is 0 Å². The van der Waals surface area contributed by atoms with Crippen molar-refractivity contribution >= 4 is 7.82 Å². The highest BCUT2D eigenvalue weighted by Gasteiger charge is 2.44. The normalized spacial score (nSPS) is 38.9. The van der Waals surface area contributed by atoms with E-state index in [1.807, 2.05) is 0 Å². The lowest BCUT2D eigenvalue weighted by molar-refractivity contribution is -0.120. The first kappa shape index (κ1) is 12.0. The number of hydrogen-bond acceptors (Lipinski definition) is 5. The average Bonchev–Trinajstić information content (AvgIpc) is 2.28. The Bertz CT molecular complexity index is 242. The summed E-state index contributed by atoms with van der Waals surface area (Å²) in [6, 6.07) is 0. The van der Waals surface area contributed by atoms with Crippen molar-refractivity contribution in [2.75, 3.05) is 6.61 Å². The molecule has 1 heterocycles. The summed E-state index contributed by atoms with van der Waals surface area (Å²) in [7, 11) is -4.68. The minimum atomic E-state index is -4.68. The smallest absolute Gasteiger partial charge is 0.387 e.